The summed E-state index contributed by atoms with van der Waals surface area (Å²) in [6.07, 6.45) is 1.65. The van der Waals surface area contributed by atoms with Crippen molar-refractivity contribution >= 4 is 23.0 Å². The standard InChI is InChI=1S/C22H24N2O4S/c1-4-13-28-16-9-7-15(8-10-16)19-18(20(25)17-6-5-14-29-17)21(26)22(27)24(19)12-11-23(2)3/h4-10,14,19,26H,1,11-13H2,2-3H3. The highest BCUT2D eigenvalue weighted by Gasteiger charge is 2.39. The van der Waals surface area contributed by atoms with Gasteiger partial charge in [0.2, 0.25) is 11.7 Å². The second-order valence-electron chi connectivity index (χ2n) is 7.08. The molecule has 0 radical (unpaired) electrons. The molecule has 1 unspecified atom stereocenters. The molecule has 1 N–H and O–H groups in total. The van der Waals surface area contributed by atoms with E-state index < -0.39 is 17.7 Å². The lowest BCUT2D eigenvalue weighted by atomic mass is 9.95. The zero-order chi connectivity index (χ0) is 21.0. The Balaban J connectivity index is 1.99. The Morgan fingerprint density at radius 2 is 2.03 bits per heavy atom. The first-order chi connectivity index (χ1) is 13.9. The van der Waals surface area contributed by atoms with E-state index >= 15 is 0 Å². The molecule has 1 amide bonds. The first-order valence-corrected chi connectivity index (χ1v) is 10.2. The average Bonchev–Trinajstić information content (AvgIpc) is 3.33. The molecule has 0 aliphatic carbocycles. The molecule has 0 fully saturated rings. The molecule has 1 atom stereocenters. The topological polar surface area (TPSA) is 74.1 Å². The van der Waals surface area contributed by atoms with E-state index in [4.69, 9.17) is 4.74 Å². The number of nitrogens with zero attached hydrogens (tertiary/aromatic N) is 1. The predicted molar refractivity (Wildman–Crippen MR) is 110 cm³/mol. The molecule has 0 bridgehead atoms. The molecule has 0 saturated heterocycles. The monoisotopic (exact) mass is 412 g/mol. The maximum atomic E-state index is 13.1. The number of ketones is 1. The van der Waals surface area contributed by atoms with Gasteiger partial charge in [0.15, 0.2) is 0 Å². The van der Waals surface area contributed by atoms with E-state index in [2.05, 4.69) is 6.58 Å². The van der Waals surface area contributed by atoms with Crippen LogP contribution in [0.25, 0.3) is 0 Å². The van der Waals surface area contributed by atoms with Crippen LogP contribution < -0.4 is 14.7 Å². The van der Waals surface area contributed by atoms with Crippen LogP contribution in [0.3, 0.4) is 0 Å². The zero-order valence-electron chi connectivity index (χ0n) is 16.5. The van der Waals surface area contributed by atoms with Crippen molar-refractivity contribution in [2.75, 3.05) is 33.8 Å². The van der Waals surface area contributed by atoms with Crippen LogP contribution in [0.1, 0.15) is 21.3 Å². The molecule has 2 aromatic rings. The van der Waals surface area contributed by atoms with Crippen molar-refractivity contribution in [3.8, 4) is 5.75 Å². The quantitative estimate of drug-likeness (QED) is 0.489. The van der Waals surface area contributed by atoms with Gasteiger partial charge in [-0.3, -0.25) is 9.59 Å². The van der Waals surface area contributed by atoms with E-state index in [1.807, 2.05) is 14.1 Å². The number of ether oxygens (including phenoxy) is 1. The number of benzene rings is 1. The third kappa shape index (κ3) is 4.41. The maximum absolute atomic E-state index is 13.1. The molecule has 152 valence electrons. The number of hydrogen-bond donors (Lipinski definition) is 1. The van der Waals surface area contributed by atoms with E-state index in [1.54, 1.807) is 47.9 Å². The smallest absolute Gasteiger partial charge is 0.240 e. The van der Waals surface area contributed by atoms with Gasteiger partial charge in [-0.15, -0.1) is 11.3 Å². The summed E-state index contributed by atoms with van der Waals surface area (Å²) in [7, 11) is 3.95. The lowest BCUT2D eigenvalue weighted by molar-refractivity contribution is -0.857. The minimum atomic E-state index is -0.714. The molecule has 1 aliphatic heterocycles. The first kappa shape index (κ1) is 20.8. The van der Waals surface area contributed by atoms with Crippen LogP contribution >= 0.6 is 11.3 Å². The number of carbonyl (C=O) groups excluding carboxylic acids is 2. The van der Waals surface area contributed by atoms with Crippen LogP contribution in [-0.4, -0.2) is 50.4 Å². The Morgan fingerprint density at radius 1 is 1.31 bits per heavy atom. The number of quaternary nitrogens is 1. The van der Waals surface area contributed by atoms with Gasteiger partial charge in [-0.25, -0.2) is 0 Å². The van der Waals surface area contributed by atoms with E-state index in [0.717, 1.165) is 4.90 Å². The number of nitrogens with one attached hydrogen (secondary N) is 1. The number of thiophene rings is 1. The summed E-state index contributed by atoms with van der Waals surface area (Å²) < 4.78 is 5.51. The third-order valence-corrected chi connectivity index (χ3v) is 5.56. The van der Waals surface area contributed by atoms with E-state index in [0.29, 0.717) is 35.9 Å². The lowest BCUT2D eigenvalue weighted by Crippen LogP contribution is -3.06. The minimum absolute atomic E-state index is 0.0194. The van der Waals surface area contributed by atoms with Crippen molar-refractivity contribution in [3.63, 3.8) is 0 Å². The third-order valence-electron chi connectivity index (χ3n) is 4.69. The number of rotatable bonds is 9. The molecule has 7 heteroatoms. The Hall–Kier alpha value is -2.90. The molecule has 3 rings (SSSR count). The second kappa shape index (κ2) is 9.07. The summed E-state index contributed by atoms with van der Waals surface area (Å²) in [5.41, 5.74) is 0.731. The van der Waals surface area contributed by atoms with Crippen molar-refractivity contribution in [1.82, 2.24) is 4.90 Å². The summed E-state index contributed by atoms with van der Waals surface area (Å²) in [5.74, 6) is -1.06. The van der Waals surface area contributed by atoms with E-state index in [-0.39, 0.29) is 11.4 Å². The number of carbonyl (C=O) groups is 2. The summed E-state index contributed by atoms with van der Waals surface area (Å²) in [6, 6.07) is 9.88. The normalized spacial score (nSPS) is 16.6. The van der Waals surface area contributed by atoms with Gasteiger partial charge in [0.05, 0.1) is 38.1 Å². The summed E-state index contributed by atoms with van der Waals surface area (Å²) in [5, 5.41) is 14.6. The van der Waals surface area contributed by atoms with Crippen molar-refractivity contribution in [3.05, 3.63) is 76.2 Å². The molecule has 6 nitrogen and oxygen atoms in total. The molecule has 1 aromatic carbocycles. The van der Waals surface area contributed by atoms with E-state index in [9.17, 15) is 14.7 Å². The summed E-state index contributed by atoms with van der Waals surface area (Å²) >= 11 is 1.26. The molecule has 2 heterocycles. The van der Waals surface area contributed by atoms with Crippen LogP contribution in [0.4, 0.5) is 0 Å². The Morgan fingerprint density at radius 3 is 2.62 bits per heavy atom. The Labute approximate surface area is 174 Å². The molecule has 1 aliphatic rings. The van der Waals surface area contributed by atoms with Crippen LogP contribution in [0.5, 0.6) is 5.75 Å². The van der Waals surface area contributed by atoms with Gasteiger partial charge in [-0.1, -0.05) is 30.9 Å². The fraction of sp³-hybridized carbons (Fsp3) is 0.273. The van der Waals surface area contributed by atoms with Crippen molar-refractivity contribution in [1.29, 1.82) is 0 Å². The zero-order valence-corrected chi connectivity index (χ0v) is 17.3. The highest BCUT2D eigenvalue weighted by molar-refractivity contribution is 7.12. The van der Waals surface area contributed by atoms with Gasteiger partial charge in [0.1, 0.15) is 12.4 Å². The fourth-order valence-corrected chi connectivity index (χ4v) is 3.91. The van der Waals surface area contributed by atoms with Gasteiger partial charge >= 0.3 is 0 Å². The molecular weight excluding hydrogens is 388 g/mol. The van der Waals surface area contributed by atoms with Gasteiger partial charge < -0.3 is 19.6 Å². The van der Waals surface area contributed by atoms with Gasteiger partial charge in [0.25, 0.3) is 0 Å². The minimum Gasteiger partial charge on any atom is -0.868 e. The average molecular weight is 413 g/mol. The summed E-state index contributed by atoms with van der Waals surface area (Å²) in [4.78, 5) is 28.9. The highest BCUT2D eigenvalue weighted by Crippen LogP contribution is 2.38. The maximum Gasteiger partial charge on any atom is 0.240 e. The highest BCUT2D eigenvalue weighted by atomic mass is 32.1. The lowest BCUT2D eigenvalue weighted by Gasteiger charge is -2.28. The Kier molecular flexibility index (Phi) is 6.51. The molecule has 29 heavy (non-hydrogen) atoms. The SMILES string of the molecule is C=CCOc1ccc(C2C(C(=O)c3cccs3)=C([O-])C(=O)N2CC[NH+](C)C)cc1. The fourth-order valence-electron chi connectivity index (χ4n) is 3.23. The molecule has 0 saturated carbocycles. The second-order valence-corrected chi connectivity index (χ2v) is 8.02. The van der Waals surface area contributed by atoms with Gasteiger partial charge in [-0.05, 0) is 34.9 Å². The molecule has 1 aromatic heterocycles. The van der Waals surface area contributed by atoms with Crippen LogP contribution in [-0.2, 0) is 4.79 Å². The van der Waals surface area contributed by atoms with E-state index in [1.165, 1.54) is 16.2 Å². The van der Waals surface area contributed by atoms with Gasteiger partial charge in [-0.2, -0.15) is 0 Å². The Bertz CT molecular complexity index is 917. The number of amides is 1. The van der Waals surface area contributed by atoms with Crippen molar-refractivity contribution < 1.29 is 24.3 Å². The first-order valence-electron chi connectivity index (χ1n) is 9.37. The largest absolute Gasteiger partial charge is 0.868 e. The van der Waals surface area contributed by atoms with Crippen LogP contribution in [0.15, 0.2) is 65.8 Å². The van der Waals surface area contributed by atoms with Gasteiger partial charge in [0, 0.05) is 5.57 Å². The predicted octanol–water partition coefficient (Wildman–Crippen LogP) is 0.838. The van der Waals surface area contributed by atoms with Crippen molar-refractivity contribution in [2.24, 2.45) is 0 Å². The molecule has 0 spiro atoms. The van der Waals surface area contributed by atoms with Crippen LogP contribution in [0.2, 0.25) is 0 Å². The summed E-state index contributed by atoms with van der Waals surface area (Å²) in [6.45, 7) is 5.05. The van der Waals surface area contributed by atoms with Crippen molar-refractivity contribution in [2.45, 2.75) is 6.04 Å². The number of likely N-dealkylation sites (N-methyl/N-ethyl adjacent to an activating group) is 1. The number of Topliss-reactive ketones (excluding diaryl/α,β-unsaturated/α-hetero) is 1. The molecular formula is C22H24N2O4S. The van der Waals surface area contributed by atoms with Crippen LogP contribution in [0, 0.1) is 0 Å². The number of hydrogen-bond acceptors (Lipinski definition) is 5.